The van der Waals surface area contributed by atoms with Crippen LogP contribution in [0.3, 0.4) is 0 Å². The second-order valence-electron chi connectivity index (χ2n) is 7.34. The average Bonchev–Trinajstić information content (AvgIpc) is 2.72. The molecule has 0 saturated heterocycles. The first-order valence-corrected chi connectivity index (χ1v) is 9.64. The zero-order chi connectivity index (χ0) is 22.8. The SMILES string of the molecule is C=CCCC1CC=C(c2ccc(C(F)(F)Oc3cc(F)c(F)c(F)c3)c(F)c2F)CC1. The standard InChI is InChI=1S/C23H19F7O/c1-2-3-4-13-5-7-14(8-6-13)16-9-10-17(21(27)20(16)26)23(29,30)31-15-11-18(24)22(28)19(25)12-15/h2,7,9-13H,1,3-6,8H2. The van der Waals surface area contributed by atoms with Crippen LogP contribution in [0.2, 0.25) is 0 Å². The van der Waals surface area contributed by atoms with E-state index in [9.17, 15) is 30.7 Å². The first-order chi connectivity index (χ1) is 14.6. The Hall–Kier alpha value is -2.77. The molecule has 0 amide bonds. The summed E-state index contributed by atoms with van der Waals surface area (Å²) in [4.78, 5) is 0. The first-order valence-electron chi connectivity index (χ1n) is 9.64. The first kappa shape index (κ1) is 22.9. The Morgan fingerprint density at radius 1 is 1.00 bits per heavy atom. The van der Waals surface area contributed by atoms with E-state index in [1.165, 1.54) is 0 Å². The number of halogens is 7. The highest BCUT2D eigenvalue weighted by molar-refractivity contribution is 5.67. The molecule has 2 aromatic rings. The van der Waals surface area contributed by atoms with Crippen LogP contribution in [-0.2, 0) is 6.11 Å². The largest absolute Gasteiger partial charge is 0.429 e. The van der Waals surface area contributed by atoms with Gasteiger partial charge in [-0.2, -0.15) is 8.78 Å². The highest BCUT2D eigenvalue weighted by Crippen LogP contribution is 2.39. The molecular weight excluding hydrogens is 425 g/mol. The highest BCUT2D eigenvalue weighted by Gasteiger charge is 2.40. The lowest BCUT2D eigenvalue weighted by atomic mass is 9.84. The topological polar surface area (TPSA) is 9.23 Å². The van der Waals surface area contributed by atoms with Crippen LogP contribution in [-0.4, -0.2) is 0 Å². The van der Waals surface area contributed by atoms with Gasteiger partial charge in [0.25, 0.3) is 0 Å². The molecule has 2 aromatic carbocycles. The van der Waals surface area contributed by atoms with Crippen molar-refractivity contribution in [3.05, 3.63) is 83.2 Å². The Kier molecular flexibility index (Phi) is 6.77. The third-order valence-electron chi connectivity index (χ3n) is 5.24. The van der Waals surface area contributed by atoms with E-state index in [2.05, 4.69) is 11.3 Å². The smallest absolute Gasteiger partial charge is 0.429 e. The zero-order valence-corrected chi connectivity index (χ0v) is 16.3. The normalized spacial score (nSPS) is 16.7. The fraction of sp³-hybridized carbons (Fsp3) is 0.304. The molecule has 0 aromatic heterocycles. The Balaban J connectivity index is 1.84. The molecule has 0 spiro atoms. The van der Waals surface area contributed by atoms with E-state index in [0.29, 0.717) is 30.4 Å². The van der Waals surface area contributed by atoms with Gasteiger partial charge in [0.15, 0.2) is 29.1 Å². The predicted octanol–water partition coefficient (Wildman–Crippen LogP) is 7.66. The number of hydrogen-bond acceptors (Lipinski definition) is 1. The maximum Gasteiger partial charge on any atom is 0.429 e. The van der Waals surface area contributed by atoms with Gasteiger partial charge in [-0.05, 0) is 49.7 Å². The molecule has 31 heavy (non-hydrogen) atoms. The number of allylic oxidation sites excluding steroid dienone is 3. The van der Waals surface area contributed by atoms with Gasteiger partial charge in [0.1, 0.15) is 11.3 Å². The molecule has 0 N–H and O–H groups in total. The molecule has 166 valence electrons. The van der Waals surface area contributed by atoms with Crippen molar-refractivity contribution in [2.24, 2.45) is 5.92 Å². The van der Waals surface area contributed by atoms with Gasteiger partial charge in [-0.3, -0.25) is 0 Å². The van der Waals surface area contributed by atoms with Crippen LogP contribution in [0.4, 0.5) is 30.7 Å². The van der Waals surface area contributed by atoms with Crippen molar-refractivity contribution in [2.45, 2.75) is 38.2 Å². The van der Waals surface area contributed by atoms with E-state index < -0.39 is 46.5 Å². The summed E-state index contributed by atoms with van der Waals surface area (Å²) < 4.78 is 102. The molecule has 1 atom stereocenters. The van der Waals surface area contributed by atoms with Crippen molar-refractivity contribution in [3.8, 4) is 5.75 Å². The Morgan fingerprint density at radius 2 is 1.68 bits per heavy atom. The lowest BCUT2D eigenvalue weighted by molar-refractivity contribution is -0.188. The van der Waals surface area contributed by atoms with E-state index in [0.717, 1.165) is 25.3 Å². The molecule has 0 saturated carbocycles. The molecule has 1 aliphatic carbocycles. The van der Waals surface area contributed by atoms with Crippen LogP contribution in [0.25, 0.3) is 5.57 Å². The Morgan fingerprint density at radius 3 is 2.26 bits per heavy atom. The maximum absolute atomic E-state index is 14.6. The van der Waals surface area contributed by atoms with Crippen LogP contribution in [0.15, 0.2) is 43.0 Å². The number of hydrogen-bond donors (Lipinski definition) is 0. The maximum atomic E-state index is 14.6. The second kappa shape index (κ2) is 9.16. The number of alkyl halides is 2. The third kappa shape index (κ3) is 4.94. The summed E-state index contributed by atoms with van der Waals surface area (Å²) in [6.07, 6.45) is 2.78. The molecule has 0 bridgehead atoms. The lowest BCUT2D eigenvalue weighted by Gasteiger charge is -2.23. The van der Waals surface area contributed by atoms with Crippen LogP contribution in [0.5, 0.6) is 5.75 Å². The van der Waals surface area contributed by atoms with Gasteiger partial charge >= 0.3 is 6.11 Å². The van der Waals surface area contributed by atoms with E-state index in [1.807, 2.05) is 6.08 Å². The monoisotopic (exact) mass is 444 g/mol. The van der Waals surface area contributed by atoms with Gasteiger partial charge in [0.2, 0.25) is 0 Å². The molecule has 8 heteroatoms. The van der Waals surface area contributed by atoms with Gasteiger partial charge in [-0.25, -0.2) is 22.0 Å². The fourth-order valence-corrected chi connectivity index (χ4v) is 3.57. The summed E-state index contributed by atoms with van der Waals surface area (Å²) in [5, 5.41) is 0. The minimum Gasteiger partial charge on any atom is -0.429 e. The molecule has 0 heterocycles. The highest BCUT2D eigenvalue weighted by atomic mass is 19.3. The van der Waals surface area contributed by atoms with Crippen LogP contribution in [0.1, 0.15) is 43.2 Å². The van der Waals surface area contributed by atoms with Crippen molar-refractivity contribution in [1.29, 1.82) is 0 Å². The van der Waals surface area contributed by atoms with Crippen LogP contribution < -0.4 is 4.74 Å². The van der Waals surface area contributed by atoms with E-state index in [1.54, 1.807) is 6.08 Å². The molecule has 0 aliphatic heterocycles. The summed E-state index contributed by atoms with van der Waals surface area (Å²) in [5.41, 5.74) is -1.05. The lowest BCUT2D eigenvalue weighted by Crippen LogP contribution is -2.24. The second-order valence-corrected chi connectivity index (χ2v) is 7.34. The summed E-state index contributed by atoms with van der Waals surface area (Å²) in [5.74, 6) is -9.38. The number of rotatable bonds is 7. The molecule has 0 fully saturated rings. The van der Waals surface area contributed by atoms with Gasteiger partial charge in [0, 0.05) is 17.7 Å². The molecule has 1 unspecified atom stereocenters. The van der Waals surface area contributed by atoms with E-state index in [4.69, 9.17) is 0 Å². The predicted molar refractivity (Wildman–Crippen MR) is 102 cm³/mol. The van der Waals surface area contributed by atoms with Gasteiger partial charge in [-0.15, -0.1) is 6.58 Å². The van der Waals surface area contributed by atoms with Gasteiger partial charge < -0.3 is 4.74 Å². The molecule has 1 nitrogen and oxygen atoms in total. The van der Waals surface area contributed by atoms with Crippen molar-refractivity contribution in [1.82, 2.24) is 0 Å². The van der Waals surface area contributed by atoms with Gasteiger partial charge in [-0.1, -0.05) is 18.2 Å². The van der Waals surface area contributed by atoms with Gasteiger partial charge in [0.05, 0.1) is 0 Å². The van der Waals surface area contributed by atoms with E-state index >= 15 is 0 Å². The summed E-state index contributed by atoms with van der Waals surface area (Å²) >= 11 is 0. The zero-order valence-electron chi connectivity index (χ0n) is 16.3. The molecular formula is C23H19F7O. The minimum absolute atomic E-state index is 0.127. The fourth-order valence-electron chi connectivity index (χ4n) is 3.57. The third-order valence-corrected chi connectivity index (χ3v) is 5.24. The van der Waals surface area contributed by atoms with Crippen molar-refractivity contribution in [3.63, 3.8) is 0 Å². The number of ether oxygens (including phenoxy) is 1. The Bertz CT molecular complexity index is 990. The van der Waals surface area contributed by atoms with Crippen molar-refractivity contribution >= 4 is 5.57 Å². The van der Waals surface area contributed by atoms with Crippen molar-refractivity contribution in [2.75, 3.05) is 0 Å². The number of benzene rings is 2. The molecule has 0 radical (unpaired) electrons. The molecule has 1 aliphatic rings. The quantitative estimate of drug-likeness (QED) is 0.242. The summed E-state index contributed by atoms with van der Waals surface area (Å²) in [6, 6.07) is 2.05. The Labute approximate surface area is 174 Å². The average molecular weight is 444 g/mol. The molecule has 3 rings (SSSR count). The summed E-state index contributed by atoms with van der Waals surface area (Å²) in [7, 11) is 0. The van der Waals surface area contributed by atoms with Crippen LogP contribution in [0, 0.1) is 35.0 Å². The van der Waals surface area contributed by atoms with E-state index in [-0.39, 0.29) is 17.7 Å². The summed E-state index contributed by atoms with van der Waals surface area (Å²) in [6.45, 7) is 3.66. The van der Waals surface area contributed by atoms with Crippen molar-refractivity contribution < 1.29 is 35.5 Å². The minimum atomic E-state index is -4.46. The van der Waals surface area contributed by atoms with Crippen LogP contribution >= 0.6 is 0 Å².